The van der Waals surface area contributed by atoms with E-state index >= 15 is 0 Å². The van der Waals surface area contributed by atoms with Crippen LogP contribution >= 0.6 is 0 Å². The van der Waals surface area contributed by atoms with Gasteiger partial charge in [0.1, 0.15) is 11.5 Å². The highest BCUT2D eigenvalue weighted by molar-refractivity contribution is 6.00. The third-order valence-electron chi connectivity index (χ3n) is 3.91. The topological polar surface area (TPSA) is 64.8 Å². The summed E-state index contributed by atoms with van der Waals surface area (Å²) in [6.07, 6.45) is 3.60. The third kappa shape index (κ3) is 3.47. The number of nitrogens with zero attached hydrogens (tertiary/aromatic N) is 2. The fourth-order valence-corrected chi connectivity index (χ4v) is 2.64. The van der Waals surface area contributed by atoms with Crippen LogP contribution < -0.4 is 14.9 Å². The van der Waals surface area contributed by atoms with Crippen molar-refractivity contribution in [3.63, 3.8) is 0 Å². The molecule has 1 heterocycles. The fourth-order valence-electron chi connectivity index (χ4n) is 2.64. The molecule has 0 unspecified atom stereocenters. The van der Waals surface area contributed by atoms with Gasteiger partial charge in [0, 0.05) is 41.3 Å². The number of fused-ring (bicyclic) bond motifs is 1. The van der Waals surface area contributed by atoms with Crippen molar-refractivity contribution in [1.29, 1.82) is 0 Å². The van der Waals surface area contributed by atoms with Crippen LogP contribution in [0, 0.1) is 0 Å². The molecule has 128 valence electrons. The smallest absolute Gasteiger partial charge is 0.271 e. The van der Waals surface area contributed by atoms with Gasteiger partial charge < -0.3 is 14.0 Å². The zero-order valence-electron chi connectivity index (χ0n) is 14.3. The molecule has 0 saturated heterocycles. The molecule has 2 aromatic carbocycles. The number of aryl methyl sites for hydroxylation is 1. The van der Waals surface area contributed by atoms with E-state index < -0.39 is 0 Å². The highest BCUT2D eigenvalue weighted by Gasteiger charge is 2.09. The van der Waals surface area contributed by atoms with Crippen molar-refractivity contribution < 1.29 is 14.3 Å². The summed E-state index contributed by atoms with van der Waals surface area (Å²) in [6, 6.07) is 13.0. The third-order valence-corrected chi connectivity index (χ3v) is 3.91. The molecule has 0 aliphatic rings. The number of carbonyl (C=O) groups is 1. The van der Waals surface area contributed by atoms with E-state index in [0.29, 0.717) is 17.1 Å². The van der Waals surface area contributed by atoms with Gasteiger partial charge in [-0.1, -0.05) is 18.2 Å². The van der Waals surface area contributed by atoms with Crippen molar-refractivity contribution in [3.8, 4) is 11.5 Å². The summed E-state index contributed by atoms with van der Waals surface area (Å²) in [5.74, 6) is 0.749. The van der Waals surface area contributed by atoms with Crippen LogP contribution in [0.3, 0.4) is 0 Å². The van der Waals surface area contributed by atoms with E-state index in [-0.39, 0.29) is 5.91 Å². The summed E-state index contributed by atoms with van der Waals surface area (Å²) in [4.78, 5) is 12.3. The SMILES string of the molecule is COc1cc(OC)cc(C(=O)NN=Cc2cn(C)c3ccccc23)c1. The van der Waals surface area contributed by atoms with Gasteiger partial charge >= 0.3 is 0 Å². The molecule has 25 heavy (non-hydrogen) atoms. The van der Waals surface area contributed by atoms with Crippen molar-refractivity contribution in [1.82, 2.24) is 9.99 Å². The zero-order chi connectivity index (χ0) is 17.8. The quantitative estimate of drug-likeness (QED) is 0.575. The Hall–Kier alpha value is -3.28. The second kappa shape index (κ2) is 7.09. The molecule has 3 aromatic rings. The van der Waals surface area contributed by atoms with E-state index in [1.807, 2.05) is 42.1 Å². The Morgan fingerprint density at radius 3 is 2.48 bits per heavy atom. The van der Waals surface area contributed by atoms with Gasteiger partial charge in [0.15, 0.2) is 0 Å². The van der Waals surface area contributed by atoms with Gasteiger partial charge in [-0.25, -0.2) is 5.43 Å². The number of rotatable bonds is 5. The molecule has 6 nitrogen and oxygen atoms in total. The Bertz CT molecular complexity index is 922. The molecule has 6 heteroatoms. The van der Waals surface area contributed by atoms with Gasteiger partial charge in [0.05, 0.1) is 20.4 Å². The lowest BCUT2D eigenvalue weighted by molar-refractivity contribution is 0.0954. The highest BCUT2D eigenvalue weighted by atomic mass is 16.5. The van der Waals surface area contributed by atoms with Crippen molar-refractivity contribution in [2.45, 2.75) is 0 Å². The molecule has 0 aliphatic heterocycles. The first-order chi connectivity index (χ1) is 12.1. The Morgan fingerprint density at radius 2 is 1.80 bits per heavy atom. The van der Waals surface area contributed by atoms with Crippen LogP contribution in [0.25, 0.3) is 10.9 Å². The minimum absolute atomic E-state index is 0.339. The lowest BCUT2D eigenvalue weighted by Crippen LogP contribution is -2.17. The number of hydrazone groups is 1. The van der Waals surface area contributed by atoms with Crippen LogP contribution in [-0.2, 0) is 7.05 Å². The van der Waals surface area contributed by atoms with Gasteiger partial charge in [-0.2, -0.15) is 5.10 Å². The molecule has 1 amide bonds. The maximum atomic E-state index is 12.3. The molecule has 0 atom stereocenters. The predicted molar refractivity (Wildman–Crippen MR) is 97.5 cm³/mol. The van der Waals surface area contributed by atoms with Gasteiger partial charge in [-0.3, -0.25) is 4.79 Å². The highest BCUT2D eigenvalue weighted by Crippen LogP contribution is 2.22. The Balaban J connectivity index is 1.79. The molecule has 3 rings (SSSR count). The number of nitrogens with one attached hydrogen (secondary N) is 1. The molecule has 0 spiro atoms. The van der Waals surface area contributed by atoms with Gasteiger partial charge in [-0.05, 0) is 18.2 Å². The number of methoxy groups -OCH3 is 2. The minimum Gasteiger partial charge on any atom is -0.497 e. The normalized spacial score (nSPS) is 11.0. The lowest BCUT2D eigenvalue weighted by Gasteiger charge is -2.07. The molecule has 1 aromatic heterocycles. The largest absolute Gasteiger partial charge is 0.497 e. The summed E-state index contributed by atoms with van der Waals surface area (Å²) in [5.41, 5.74) is 4.98. The Kier molecular flexibility index (Phi) is 4.70. The molecular formula is C19H19N3O3. The molecule has 0 aliphatic carbocycles. The summed E-state index contributed by atoms with van der Waals surface area (Å²) in [7, 11) is 5.05. The predicted octanol–water partition coefficient (Wildman–Crippen LogP) is 2.96. The number of hydrogen-bond acceptors (Lipinski definition) is 4. The first-order valence-electron chi connectivity index (χ1n) is 7.73. The van der Waals surface area contributed by atoms with Crippen LogP contribution in [0.15, 0.2) is 53.8 Å². The maximum Gasteiger partial charge on any atom is 0.271 e. The Labute approximate surface area is 145 Å². The monoisotopic (exact) mass is 337 g/mol. The molecule has 0 saturated carbocycles. The average molecular weight is 337 g/mol. The second-order valence-electron chi connectivity index (χ2n) is 5.51. The number of hydrogen-bond donors (Lipinski definition) is 1. The van der Waals surface area contributed by atoms with Crippen LogP contribution in [0.4, 0.5) is 0 Å². The second-order valence-corrected chi connectivity index (χ2v) is 5.51. The standard InChI is InChI=1S/C19H19N3O3/c1-22-12-14(17-6-4-5-7-18(17)22)11-20-21-19(23)13-8-15(24-2)10-16(9-13)25-3/h4-12H,1-3H3,(H,21,23). The minimum atomic E-state index is -0.339. The first-order valence-corrected chi connectivity index (χ1v) is 7.73. The van der Waals surface area contributed by atoms with Crippen LogP contribution in [-0.4, -0.2) is 30.9 Å². The summed E-state index contributed by atoms with van der Waals surface area (Å²) < 4.78 is 12.4. The van der Waals surface area contributed by atoms with E-state index in [1.54, 1.807) is 24.4 Å². The zero-order valence-corrected chi connectivity index (χ0v) is 14.3. The fraction of sp³-hybridized carbons (Fsp3) is 0.158. The average Bonchev–Trinajstić information content (AvgIpc) is 2.97. The Morgan fingerprint density at radius 1 is 1.12 bits per heavy atom. The molecule has 1 N–H and O–H groups in total. The number of ether oxygens (including phenoxy) is 2. The van der Waals surface area contributed by atoms with E-state index in [0.717, 1.165) is 16.5 Å². The maximum absolute atomic E-state index is 12.3. The summed E-state index contributed by atoms with van der Waals surface area (Å²) in [5, 5.41) is 5.15. The molecular weight excluding hydrogens is 318 g/mol. The van der Waals surface area contributed by atoms with Crippen molar-refractivity contribution in [3.05, 3.63) is 59.8 Å². The lowest BCUT2D eigenvalue weighted by atomic mass is 10.2. The number of amides is 1. The van der Waals surface area contributed by atoms with Crippen LogP contribution in [0.1, 0.15) is 15.9 Å². The molecule has 0 radical (unpaired) electrons. The van der Waals surface area contributed by atoms with Gasteiger partial charge in [0.25, 0.3) is 5.91 Å². The first kappa shape index (κ1) is 16.6. The van der Waals surface area contributed by atoms with Crippen molar-refractivity contribution in [2.75, 3.05) is 14.2 Å². The summed E-state index contributed by atoms with van der Waals surface area (Å²) in [6.45, 7) is 0. The van der Waals surface area contributed by atoms with Crippen LogP contribution in [0.5, 0.6) is 11.5 Å². The summed E-state index contributed by atoms with van der Waals surface area (Å²) >= 11 is 0. The number of aromatic nitrogens is 1. The number of para-hydroxylation sites is 1. The van der Waals surface area contributed by atoms with E-state index in [4.69, 9.17) is 9.47 Å². The van der Waals surface area contributed by atoms with Crippen molar-refractivity contribution >= 4 is 23.0 Å². The van der Waals surface area contributed by atoms with Crippen LogP contribution in [0.2, 0.25) is 0 Å². The van der Waals surface area contributed by atoms with E-state index in [1.165, 1.54) is 14.2 Å². The van der Waals surface area contributed by atoms with Gasteiger partial charge in [-0.15, -0.1) is 0 Å². The van der Waals surface area contributed by atoms with E-state index in [2.05, 4.69) is 10.5 Å². The van der Waals surface area contributed by atoms with Crippen molar-refractivity contribution in [2.24, 2.45) is 12.1 Å². The van der Waals surface area contributed by atoms with E-state index in [9.17, 15) is 4.79 Å². The molecule has 0 bridgehead atoms. The number of benzene rings is 2. The molecule has 0 fully saturated rings. The van der Waals surface area contributed by atoms with Gasteiger partial charge in [0.2, 0.25) is 0 Å². The number of carbonyl (C=O) groups excluding carboxylic acids is 1.